The molecular formula is C26H27N3O6. The Kier molecular flexibility index (Phi) is 6.39. The van der Waals surface area contributed by atoms with Crippen LogP contribution in [0.15, 0.2) is 34.3 Å². The Balaban J connectivity index is 1.96. The third-order valence-corrected chi connectivity index (χ3v) is 6.61. The number of allylic oxidation sites excluding steroid dienone is 2. The fourth-order valence-corrected chi connectivity index (χ4v) is 5.06. The van der Waals surface area contributed by atoms with E-state index in [1.165, 1.54) is 31.0 Å². The van der Waals surface area contributed by atoms with Crippen LogP contribution in [0.5, 0.6) is 17.2 Å². The van der Waals surface area contributed by atoms with Crippen LogP contribution in [0.25, 0.3) is 0 Å². The van der Waals surface area contributed by atoms with Crippen LogP contribution in [0, 0.1) is 25.2 Å². The molecule has 9 nitrogen and oxygen atoms in total. The number of rotatable bonds is 5. The van der Waals surface area contributed by atoms with E-state index in [1.54, 1.807) is 32.0 Å². The van der Waals surface area contributed by atoms with Crippen molar-refractivity contribution in [3.05, 3.63) is 62.2 Å². The van der Waals surface area contributed by atoms with E-state index < -0.39 is 11.5 Å². The molecule has 9 heteroatoms. The van der Waals surface area contributed by atoms with Gasteiger partial charge in [-0.3, -0.25) is 14.4 Å². The van der Waals surface area contributed by atoms with Gasteiger partial charge in [-0.05, 0) is 56.0 Å². The molecular weight excluding hydrogens is 450 g/mol. The molecule has 1 amide bonds. The summed E-state index contributed by atoms with van der Waals surface area (Å²) in [5, 5.41) is 10.8. The van der Waals surface area contributed by atoms with Crippen molar-refractivity contribution in [2.24, 2.45) is 0 Å². The first-order valence-corrected chi connectivity index (χ1v) is 11.3. The Morgan fingerprint density at radius 3 is 2.20 bits per heavy atom. The zero-order valence-corrected chi connectivity index (χ0v) is 20.4. The molecule has 0 fully saturated rings. The summed E-state index contributed by atoms with van der Waals surface area (Å²) in [6.07, 6.45) is 1.33. The molecule has 2 aromatic rings. The van der Waals surface area contributed by atoms with Gasteiger partial charge < -0.3 is 14.2 Å². The number of benzene rings is 1. The lowest BCUT2D eigenvalue weighted by atomic mass is 9.77. The average Bonchev–Trinajstić information content (AvgIpc) is 2.84. The van der Waals surface area contributed by atoms with E-state index in [2.05, 4.69) is 0 Å². The lowest BCUT2D eigenvalue weighted by Gasteiger charge is -2.39. The van der Waals surface area contributed by atoms with Gasteiger partial charge in [0.1, 0.15) is 11.6 Å². The SMILES string of the molecule is COc1cc([C@@H]2CC(=O)N(n3c(C)cc(C)c(C#N)c3=O)C3=C2C(=O)CCC3)cc(OC)c1OC. The van der Waals surface area contributed by atoms with E-state index in [1.807, 2.05) is 6.07 Å². The molecule has 35 heavy (non-hydrogen) atoms. The van der Waals surface area contributed by atoms with Crippen molar-refractivity contribution < 1.29 is 23.8 Å². The van der Waals surface area contributed by atoms with Crippen molar-refractivity contribution >= 4 is 11.7 Å². The normalized spacial score (nSPS) is 17.7. The minimum absolute atomic E-state index is 0.0283. The fourth-order valence-electron chi connectivity index (χ4n) is 5.06. The lowest BCUT2D eigenvalue weighted by molar-refractivity contribution is -0.121. The van der Waals surface area contributed by atoms with E-state index in [4.69, 9.17) is 14.2 Å². The summed E-state index contributed by atoms with van der Waals surface area (Å²) in [6.45, 7) is 3.39. The first-order valence-electron chi connectivity index (χ1n) is 11.3. The molecule has 0 spiro atoms. The number of nitriles is 1. The van der Waals surface area contributed by atoms with Crippen molar-refractivity contribution in [1.82, 2.24) is 4.68 Å². The molecule has 182 valence electrons. The van der Waals surface area contributed by atoms with Crippen LogP contribution in [0.3, 0.4) is 0 Å². The van der Waals surface area contributed by atoms with Gasteiger partial charge in [0.15, 0.2) is 17.3 Å². The van der Waals surface area contributed by atoms with Gasteiger partial charge >= 0.3 is 0 Å². The van der Waals surface area contributed by atoms with Gasteiger partial charge in [-0.1, -0.05) is 0 Å². The second kappa shape index (κ2) is 9.29. The first-order chi connectivity index (χ1) is 16.8. The monoisotopic (exact) mass is 477 g/mol. The van der Waals surface area contributed by atoms with Crippen molar-refractivity contribution in [2.45, 2.75) is 45.4 Å². The second-order valence-electron chi connectivity index (χ2n) is 8.63. The molecule has 1 aliphatic heterocycles. The zero-order valence-electron chi connectivity index (χ0n) is 20.4. The van der Waals surface area contributed by atoms with Crippen molar-refractivity contribution in [2.75, 3.05) is 26.3 Å². The number of hydrogen-bond acceptors (Lipinski definition) is 7. The first kappa shape index (κ1) is 24.1. The predicted octanol–water partition coefficient (Wildman–Crippen LogP) is 3.02. The zero-order chi connectivity index (χ0) is 25.4. The number of aryl methyl sites for hydroxylation is 2. The number of hydrogen-bond donors (Lipinski definition) is 0. The summed E-state index contributed by atoms with van der Waals surface area (Å²) < 4.78 is 17.6. The molecule has 4 rings (SSSR count). The van der Waals surface area contributed by atoms with Crippen molar-refractivity contribution in [3.8, 4) is 23.3 Å². The minimum Gasteiger partial charge on any atom is -0.493 e. The molecule has 2 heterocycles. The van der Waals surface area contributed by atoms with Gasteiger partial charge in [0.2, 0.25) is 11.7 Å². The standard InChI is InChI=1S/C26H27N3O6/c1-14-9-15(2)28(26(32)18(14)13-27)29-19-7-6-8-20(30)24(19)17(12-23(29)31)16-10-21(33-3)25(35-5)22(11-16)34-4/h9-11,17H,6-8,12H2,1-5H3/t17-/m0/s1. The van der Waals surface area contributed by atoms with E-state index in [9.17, 15) is 19.6 Å². The number of pyridine rings is 1. The minimum atomic E-state index is -0.575. The van der Waals surface area contributed by atoms with Crippen LogP contribution in [-0.4, -0.2) is 37.7 Å². The summed E-state index contributed by atoms with van der Waals surface area (Å²) in [4.78, 5) is 40.1. The highest BCUT2D eigenvalue weighted by Crippen LogP contribution is 2.46. The average molecular weight is 478 g/mol. The Morgan fingerprint density at radius 1 is 0.971 bits per heavy atom. The number of ether oxygens (including phenoxy) is 3. The highest BCUT2D eigenvalue weighted by molar-refractivity contribution is 6.04. The van der Waals surface area contributed by atoms with E-state index in [0.717, 1.165) is 0 Å². The predicted molar refractivity (Wildman–Crippen MR) is 127 cm³/mol. The fraction of sp³-hybridized carbons (Fsp3) is 0.385. The number of methoxy groups -OCH3 is 3. The van der Waals surface area contributed by atoms with Crippen LogP contribution >= 0.6 is 0 Å². The summed E-state index contributed by atoms with van der Waals surface area (Å²) in [5.74, 6) is 0.318. The Morgan fingerprint density at radius 2 is 1.63 bits per heavy atom. The molecule has 0 N–H and O–H groups in total. The Bertz CT molecular complexity index is 1340. The molecule has 0 unspecified atom stereocenters. The number of amides is 1. The van der Waals surface area contributed by atoms with Crippen molar-refractivity contribution in [1.29, 1.82) is 5.26 Å². The number of Topliss-reactive ketones (excluding diaryl/α,β-unsaturated/α-hetero) is 1. The van der Waals surface area contributed by atoms with Gasteiger partial charge in [-0.15, -0.1) is 0 Å². The topological polar surface area (TPSA) is 111 Å². The largest absolute Gasteiger partial charge is 0.493 e. The number of ketones is 1. The summed E-state index contributed by atoms with van der Waals surface area (Å²) in [6, 6.07) is 7.14. The quantitative estimate of drug-likeness (QED) is 0.651. The highest BCUT2D eigenvalue weighted by atomic mass is 16.5. The number of nitrogens with zero attached hydrogens (tertiary/aromatic N) is 3. The van der Waals surface area contributed by atoms with Crippen LogP contribution < -0.4 is 24.8 Å². The Labute approximate surface area is 203 Å². The maximum atomic E-state index is 13.6. The third-order valence-electron chi connectivity index (χ3n) is 6.61. The maximum Gasteiger partial charge on any atom is 0.288 e. The third kappa shape index (κ3) is 3.85. The lowest BCUT2D eigenvalue weighted by Crippen LogP contribution is -2.52. The number of carbonyl (C=O) groups excluding carboxylic acids is 2. The molecule has 2 aliphatic rings. The van der Waals surface area contributed by atoms with Crippen LogP contribution in [-0.2, 0) is 9.59 Å². The smallest absolute Gasteiger partial charge is 0.288 e. The van der Waals surface area contributed by atoms with Gasteiger partial charge in [-0.25, -0.2) is 9.69 Å². The molecule has 1 aromatic heterocycles. The van der Waals surface area contributed by atoms with Crippen LogP contribution in [0.2, 0.25) is 0 Å². The molecule has 1 atom stereocenters. The molecule has 0 bridgehead atoms. The molecule has 1 aliphatic carbocycles. The highest BCUT2D eigenvalue weighted by Gasteiger charge is 2.41. The van der Waals surface area contributed by atoms with E-state index in [-0.39, 0.29) is 23.7 Å². The van der Waals surface area contributed by atoms with Crippen LogP contribution in [0.1, 0.15) is 54.0 Å². The maximum absolute atomic E-state index is 13.6. The van der Waals surface area contributed by atoms with Crippen LogP contribution in [0.4, 0.5) is 0 Å². The van der Waals surface area contributed by atoms with Gasteiger partial charge in [0.05, 0.1) is 27.0 Å². The molecule has 0 radical (unpaired) electrons. The summed E-state index contributed by atoms with van der Waals surface area (Å²) in [5.41, 5.74) is 2.12. The Hall–Kier alpha value is -4.06. The second-order valence-corrected chi connectivity index (χ2v) is 8.63. The molecule has 1 aromatic carbocycles. The van der Waals surface area contributed by atoms with Gasteiger partial charge in [0.25, 0.3) is 5.56 Å². The van der Waals surface area contributed by atoms with E-state index in [0.29, 0.717) is 64.6 Å². The molecule has 0 saturated heterocycles. The van der Waals surface area contributed by atoms with Gasteiger partial charge in [-0.2, -0.15) is 5.26 Å². The summed E-state index contributed by atoms with van der Waals surface area (Å²) in [7, 11) is 4.51. The molecule has 0 saturated carbocycles. The van der Waals surface area contributed by atoms with Gasteiger partial charge in [0, 0.05) is 30.0 Å². The van der Waals surface area contributed by atoms with E-state index >= 15 is 0 Å². The number of aromatic nitrogens is 1. The number of carbonyl (C=O) groups is 2. The summed E-state index contributed by atoms with van der Waals surface area (Å²) >= 11 is 0. The van der Waals surface area contributed by atoms with Crippen molar-refractivity contribution in [3.63, 3.8) is 0 Å².